The molecule has 0 atom stereocenters. The van der Waals surface area contributed by atoms with Gasteiger partial charge in [0.05, 0.1) is 27.9 Å². The minimum absolute atomic E-state index is 0.00664. The maximum atomic E-state index is 13.4. The number of methoxy groups -OCH3 is 1. The number of carbonyl (C=O) groups is 1. The van der Waals surface area contributed by atoms with E-state index in [1.54, 1.807) is 66.7 Å². The van der Waals surface area contributed by atoms with Gasteiger partial charge in [-0.1, -0.05) is 23.2 Å². The summed E-state index contributed by atoms with van der Waals surface area (Å²) in [6.45, 7) is 0. The second-order valence-electron chi connectivity index (χ2n) is 6.65. The Bertz CT molecular complexity index is 1250. The van der Waals surface area contributed by atoms with Crippen molar-refractivity contribution in [3.8, 4) is 11.5 Å². The van der Waals surface area contributed by atoms with Gasteiger partial charge in [0, 0.05) is 10.0 Å². The van der Waals surface area contributed by atoms with Gasteiger partial charge in [0.25, 0.3) is 5.91 Å². The van der Waals surface area contributed by atoms with E-state index in [0.717, 1.165) is 0 Å². The first-order valence-electron chi connectivity index (χ1n) is 9.26. The van der Waals surface area contributed by atoms with Crippen LogP contribution in [0.1, 0.15) is 5.56 Å². The minimum atomic E-state index is -0.229. The summed E-state index contributed by atoms with van der Waals surface area (Å²) in [6, 6.07) is 17.4. The van der Waals surface area contributed by atoms with Crippen molar-refractivity contribution in [2.45, 2.75) is 0 Å². The molecule has 0 unspecified atom stereocenters. The van der Waals surface area contributed by atoms with Crippen LogP contribution in [0.5, 0.6) is 11.5 Å². The number of phenolic OH excluding ortho intramolecular Hbond substituents is 1. The van der Waals surface area contributed by atoms with Crippen LogP contribution in [-0.4, -0.2) is 23.3 Å². The predicted molar refractivity (Wildman–Crippen MR) is 135 cm³/mol. The summed E-state index contributed by atoms with van der Waals surface area (Å²) in [7, 11) is 1.47. The van der Waals surface area contributed by atoms with Crippen molar-refractivity contribution < 1.29 is 14.6 Å². The van der Waals surface area contributed by atoms with Gasteiger partial charge in [0.2, 0.25) is 0 Å². The zero-order valence-corrected chi connectivity index (χ0v) is 20.5. The molecule has 0 aromatic heterocycles. The van der Waals surface area contributed by atoms with E-state index < -0.39 is 0 Å². The van der Waals surface area contributed by atoms with Crippen LogP contribution in [0.4, 0.5) is 11.4 Å². The fourth-order valence-corrected chi connectivity index (χ4v) is 4.69. The Morgan fingerprint density at radius 2 is 1.69 bits per heavy atom. The van der Waals surface area contributed by atoms with Gasteiger partial charge in [-0.3, -0.25) is 9.69 Å². The number of anilines is 1. The molecule has 1 aliphatic heterocycles. The number of phenols is 1. The number of thioether (sulfide) groups is 1. The van der Waals surface area contributed by atoms with Gasteiger partial charge in [-0.15, -0.1) is 0 Å². The Kier molecular flexibility index (Phi) is 6.81. The van der Waals surface area contributed by atoms with Gasteiger partial charge in [0.1, 0.15) is 0 Å². The number of aromatic hydroxyl groups is 1. The molecule has 32 heavy (non-hydrogen) atoms. The molecular weight excluding hydrogens is 535 g/mol. The Morgan fingerprint density at radius 1 is 1.06 bits per heavy atom. The lowest BCUT2D eigenvalue weighted by molar-refractivity contribution is -0.113. The highest BCUT2D eigenvalue weighted by atomic mass is 79.9. The molecule has 0 radical (unpaired) electrons. The molecule has 1 N–H and O–H groups in total. The number of hydrogen-bond acceptors (Lipinski definition) is 5. The molecule has 3 aromatic rings. The number of benzene rings is 3. The summed E-state index contributed by atoms with van der Waals surface area (Å²) in [5.74, 6) is 0.0623. The van der Waals surface area contributed by atoms with E-state index in [4.69, 9.17) is 27.9 Å². The van der Waals surface area contributed by atoms with Crippen LogP contribution in [0.25, 0.3) is 6.08 Å². The highest BCUT2D eigenvalue weighted by Crippen LogP contribution is 2.40. The van der Waals surface area contributed by atoms with Gasteiger partial charge in [-0.05, 0) is 100.0 Å². The van der Waals surface area contributed by atoms with Crippen LogP contribution in [0.15, 0.2) is 75.0 Å². The lowest BCUT2D eigenvalue weighted by atomic mass is 10.2. The first kappa shape index (κ1) is 22.7. The number of ether oxygens (including phenoxy) is 1. The van der Waals surface area contributed by atoms with Crippen molar-refractivity contribution in [1.82, 2.24) is 0 Å². The molecule has 0 spiro atoms. The number of amidine groups is 1. The molecule has 162 valence electrons. The van der Waals surface area contributed by atoms with Crippen molar-refractivity contribution in [2.24, 2.45) is 4.99 Å². The fourth-order valence-electron chi connectivity index (χ4n) is 2.98. The molecule has 3 aromatic carbocycles. The topological polar surface area (TPSA) is 62.1 Å². The largest absolute Gasteiger partial charge is 0.503 e. The molecule has 9 heteroatoms. The molecule has 0 aliphatic carbocycles. The number of nitrogens with zero attached hydrogens (tertiary/aromatic N) is 2. The van der Waals surface area contributed by atoms with Crippen molar-refractivity contribution in [2.75, 3.05) is 12.0 Å². The number of rotatable bonds is 4. The minimum Gasteiger partial charge on any atom is -0.503 e. The smallest absolute Gasteiger partial charge is 0.271 e. The van der Waals surface area contributed by atoms with E-state index in [1.165, 1.54) is 23.8 Å². The molecule has 5 nitrogen and oxygen atoms in total. The summed E-state index contributed by atoms with van der Waals surface area (Å²) in [5, 5.41) is 11.7. The standard InChI is InChI=1S/C23H15BrCl2N2O3S/c1-31-19-11-13(10-18(24)21(19)29)12-20-22(30)28(17-8-4-15(26)5-9-17)23(32-20)27-16-6-2-14(25)3-7-16/h2-12,29H,1H3/b20-12-,27-23?. The molecule has 1 saturated heterocycles. The van der Waals surface area contributed by atoms with Gasteiger partial charge in [-0.25, -0.2) is 4.99 Å². The average molecular weight is 550 g/mol. The predicted octanol–water partition coefficient (Wildman–Crippen LogP) is 7.28. The Labute approximate surface area is 207 Å². The van der Waals surface area contributed by atoms with Crippen LogP contribution in [0.2, 0.25) is 10.0 Å². The summed E-state index contributed by atoms with van der Waals surface area (Å²) in [5.41, 5.74) is 2.00. The molecule has 1 fully saturated rings. The zero-order valence-electron chi connectivity index (χ0n) is 16.6. The second kappa shape index (κ2) is 9.58. The number of halogens is 3. The monoisotopic (exact) mass is 548 g/mol. The fraction of sp³-hybridized carbons (Fsp3) is 0.0435. The third-order valence-corrected chi connectivity index (χ3v) is 6.59. The third-order valence-electron chi connectivity index (χ3n) is 4.51. The molecule has 1 amide bonds. The average Bonchev–Trinajstić information content (AvgIpc) is 3.07. The van der Waals surface area contributed by atoms with E-state index in [9.17, 15) is 9.90 Å². The van der Waals surface area contributed by atoms with E-state index in [0.29, 0.717) is 47.3 Å². The maximum absolute atomic E-state index is 13.4. The van der Waals surface area contributed by atoms with E-state index in [2.05, 4.69) is 20.9 Å². The van der Waals surface area contributed by atoms with Crippen LogP contribution >= 0.6 is 50.9 Å². The summed E-state index contributed by atoms with van der Waals surface area (Å²) in [6.07, 6.45) is 1.73. The molecular formula is C23H15BrCl2N2O3S. The van der Waals surface area contributed by atoms with Crippen LogP contribution < -0.4 is 9.64 Å². The zero-order chi connectivity index (χ0) is 22.8. The SMILES string of the molecule is COc1cc(/C=C2\SC(=Nc3ccc(Cl)cc3)N(c3ccc(Cl)cc3)C2=O)cc(Br)c1O. The molecule has 1 heterocycles. The summed E-state index contributed by atoms with van der Waals surface area (Å²) in [4.78, 5) is 20.0. The highest BCUT2D eigenvalue weighted by molar-refractivity contribution is 9.10. The normalized spacial score (nSPS) is 16.2. The first-order valence-corrected chi connectivity index (χ1v) is 11.6. The van der Waals surface area contributed by atoms with E-state index >= 15 is 0 Å². The van der Waals surface area contributed by atoms with Gasteiger partial charge in [0.15, 0.2) is 16.7 Å². The Hall–Kier alpha value is -2.45. The van der Waals surface area contributed by atoms with Crippen molar-refractivity contribution in [1.29, 1.82) is 0 Å². The van der Waals surface area contributed by atoms with Crippen LogP contribution in [-0.2, 0) is 4.79 Å². The number of carbonyl (C=O) groups excluding carboxylic acids is 1. The van der Waals surface area contributed by atoms with E-state index in [-0.39, 0.29) is 11.7 Å². The van der Waals surface area contributed by atoms with Crippen molar-refractivity contribution in [3.05, 3.63) is 85.7 Å². The molecule has 0 bridgehead atoms. The lowest BCUT2D eigenvalue weighted by Crippen LogP contribution is -2.28. The highest BCUT2D eigenvalue weighted by Gasteiger charge is 2.34. The molecule has 1 aliphatic rings. The van der Waals surface area contributed by atoms with Crippen LogP contribution in [0, 0.1) is 0 Å². The Balaban J connectivity index is 1.78. The maximum Gasteiger partial charge on any atom is 0.271 e. The van der Waals surface area contributed by atoms with E-state index in [1.807, 2.05) is 0 Å². The lowest BCUT2D eigenvalue weighted by Gasteiger charge is -2.15. The van der Waals surface area contributed by atoms with Crippen molar-refractivity contribution >= 4 is 79.4 Å². The Morgan fingerprint density at radius 3 is 2.31 bits per heavy atom. The number of amides is 1. The summed E-state index contributed by atoms with van der Waals surface area (Å²) >= 11 is 16.6. The number of aliphatic imine (C=N–C) groups is 1. The van der Waals surface area contributed by atoms with Crippen molar-refractivity contribution in [3.63, 3.8) is 0 Å². The van der Waals surface area contributed by atoms with Gasteiger partial charge >= 0.3 is 0 Å². The quantitative estimate of drug-likeness (QED) is 0.347. The third kappa shape index (κ3) is 4.81. The van der Waals surface area contributed by atoms with Gasteiger partial charge < -0.3 is 9.84 Å². The number of hydrogen-bond donors (Lipinski definition) is 1. The van der Waals surface area contributed by atoms with Gasteiger partial charge in [-0.2, -0.15) is 0 Å². The summed E-state index contributed by atoms with van der Waals surface area (Å²) < 4.78 is 5.67. The first-order chi connectivity index (χ1) is 15.4. The molecule has 0 saturated carbocycles. The second-order valence-corrected chi connectivity index (χ2v) is 9.39. The van der Waals surface area contributed by atoms with Crippen LogP contribution in [0.3, 0.4) is 0 Å². The molecule has 4 rings (SSSR count).